The minimum atomic E-state index is 0.180. The Balaban J connectivity index is 1.40. The molecule has 134 valence electrons. The third-order valence-corrected chi connectivity index (χ3v) is 5.03. The summed E-state index contributed by atoms with van der Waals surface area (Å²) >= 11 is 0. The number of benzene rings is 1. The Labute approximate surface area is 156 Å². The second-order valence-electron chi connectivity index (χ2n) is 6.83. The van der Waals surface area contributed by atoms with Crippen LogP contribution in [-0.4, -0.2) is 36.3 Å². The molecule has 1 aromatic carbocycles. The van der Waals surface area contributed by atoms with E-state index in [-0.39, 0.29) is 5.88 Å². The lowest BCUT2D eigenvalue weighted by atomic mass is 10.1. The van der Waals surface area contributed by atoms with Gasteiger partial charge in [-0.1, -0.05) is 30.3 Å². The monoisotopic (exact) mass is 357 g/mol. The predicted octanol–water partition coefficient (Wildman–Crippen LogP) is 3.08. The van der Waals surface area contributed by atoms with E-state index >= 15 is 0 Å². The molecule has 27 heavy (non-hydrogen) atoms. The van der Waals surface area contributed by atoms with Crippen molar-refractivity contribution in [2.75, 3.05) is 6.54 Å². The molecule has 0 amide bonds. The Hall–Kier alpha value is -3.25. The number of rotatable bonds is 3. The van der Waals surface area contributed by atoms with Crippen LogP contribution in [0.5, 0.6) is 5.88 Å². The van der Waals surface area contributed by atoms with Crippen molar-refractivity contribution in [1.29, 1.82) is 0 Å². The van der Waals surface area contributed by atoms with Crippen LogP contribution in [0.2, 0.25) is 0 Å². The van der Waals surface area contributed by atoms with Crippen LogP contribution in [-0.2, 0) is 19.5 Å². The zero-order chi connectivity index (χ0) is 18.2. The largest absolute Gasteiger partial charge is 0.493 e. The molecule has 0 saturated carbocycles. The topological polar surface area (TPSA) is 67.1 Å². The standard InChI is InChI=1S/C21H19N5O/c27-21-18-14-25(13-17-11-15-5-1-2-6-16(15)12-23-17)10-8-19(18)24-26(21)20-7-3-4-9-22-20/h1-7,9,11-12,27H,8,10,13-14H2. The summed E-state index contributed by atoms with van der Waals surface area (Å²) in [7, 11) is 0. The lowest BCUT2D eigenvalue weighted by Crippen LogP contribution is -2.30. The summed E-state index contributed by atoms with van der Waals surface area (Å²) in [5.41, 5.74) is 2.86. The predicted molar refractivity (Wildman–Crippen MR) is 103 cm³/mol. The van der Waals surface area contributed by atoms with Crippen LogP contribution in [0.15, 0.2) is 60.9 Å². The van der Waals surface area contributed by atoms with Crippen molar-refractivity contribution in [3.05, 3.63) is 77.9 Å². The molecule has 1 aliphatic rings. The Bertz CT molecular complexity index is 1110. The fraction of sp³-hybridized carbons (Fsp3) is 0.190. The average molecular weight is 357 g/mol. The first-order chi connectivity index (χ1) is 13.3. The molecule has 4 heterocycles. The maximum atomic E-state index is 10.7. The van der Waals surface area contributed by atoms with Crippen molar-refractivity contribution in [1.82, 2.24) is 24.6 Å². The Kier molecular flexibility index (Phi) is 3.83. The van der Waals surface area contributed by atoms with Gasteiger partial charge in [-0.3, -0.25) is 9.88 Å². The highest BCUT2D eigenvalue weighted by Gasteiger charge is 2.25. The van der Waals surface area contributed by atoms with Crippen molar-refractivity contribution in [3.8, 4) is 11.7 Å². The van der Waals surface area contributed by atoms with E-state index in [1.807, 2.05) is 36.5 Å². The molecule has 1 N–H and O–H groups in total. The summed E-state index contributed by atoms with van der Waals surface area (Å²) in [5.74, 6) is 0.812. The Morgan fingerprint density at radius 1 is 1.00 bits per heavy atom. The van der Waals surface area contributed by atoms with E-state index in [4.69, 9.17) is 0 Å². The number of aromatic hydroxyl groups is 1. The second kappa shape index (κ2) is 6.48. The zero-order valence-corrected chi connectivity index (χ0v) is 14.8. The zero-order valence-electron chi connectivity index (χ0n) is 14.8. The van der Waals surface area contributed by atoms with E-state index in [0.717, 1.165) is 41.8 Å². The van der Waals surface area contributed by atoms with Crippen molar-refractivity contribution in [2.24, 2.45) is 0 Å². The van der Waals surface area contributed by atoms with Gasteiger partial charge in [-0.2, -0.15) is 9.78 Å². The minimum Gasteiger partial charge on any atom is -0.493 e. The van der Waals surface area contributed by atoms with E-state index < -0.39 is 0 Å². The first-order valence-corrected chi connectivity index (χ1v) is 9.05. The summed E-state index contributed by atoms with van der Waals surface area (Å²) in [4.78, 5) is 11.2. The molecule has 0 fully saturated rings. The van der Waals surface area contributed by atoms with Crippen LogP contribution in [0.1, 0.15) is 17.0 Å². The molecule has 0 aliphatic carbocycles. The van der Waals surface area contributed by atoms with Crippen molar-refractivity contribution in [2.45, 2.75) is 19.5 Å². The van der Waals surface area contributed by atoms with E-state index in [9.17, 15) is 5.11 Å². The van der Waals surface area contributed by atoms with Gasteiger partial charge < -0.3 is 5.11 Å². The summed E-state index contributed by atoms with van der Waals surface area (Å²) in [6.07, 6.45) is 4.43. The van der Waals surface area contributed by atoms with Crippen LogP contribution in [0.25, 0.3) is 16.6 Å². The van der Waals surface area contributed by atoms with Gasteiger partial charge >= 0.3 is 0 Å². The molecule has 0 spiro atoms. The minimum absolute atomic E-state index is 0.180. The normalized spacial score (nSPS) is 14.4. The lowest BCUT2D eigenvalue weighted by Gasteiger charge is -2.25. The SMILES string of the molecule is Oc1c2c(nn1-c1ccccn1)CCN(Cc1cc3ccccc3cn1)C2. The van der Waals surface area contributed by atoms with Gasteiger partial charge in [-0.25, -0.2) is 4.98 Å². The van der Waals surface area contributed by atoms with Crippen LogP contribution >= 0.6 is 0 Å². The van der Waals surface area contributed by atoms with Crippen LogP contribution in [0.4, 0.5) is 0 Å². The van der Waals surface area contributed by atoms with E-state index in [0.29, 0.717) is 12.4 Å². The number of aromatic nitrogens is 4. The Morgan fingerprint density at radius 3 is 2.70 bits per heavy atom. The second-order valence-corrected chi connectivity index (χ2v) is 6.83. The molecule has 1 aliphatic heterocycles. The molecule has 5 rings (SSSR count). The maximum absolute atomic E-state index is 10.7. The van der Waals surface area contributed by atoms with Crippen LogP contribution in [0.3, 0.4) is 0 Å². The molecule has 0 atom stereocenters. The molecule has 0 saturated heterocycles. The number of hydrogen-bond donors (Lipinski definition) is 1. The van der Waals surface area contributed by atoms with Gasteiger partial charge in [0, 0.05) is 43.8 Å². The molecule has 6 nitrogen and oxygen atoms in total. The summed E-state index contributed by atoms with van der Waals surface area (Å²) in [6.45, 7) is 2.29. The molecule has 0 unspecified atom stereocenters. The van der Waals surface area contributed by atoms with Crippen LogP contribution in [0, 0.1) is 0 Å². The number of nitrogens with zero attached hydrogens (tertiary/aromatic N) is 5. The van der Waals surface area contributed by atoms with Gasteiger partial charge in [0.1, 0.15) is 0 Å². The van der Waals surface area contributed by atoms with Crippen LogP contribution < -0.4 is 0 Å². The summed E-state index contributed by atoms with van der Waals surface area (Å²) in [6, 6.07) is 16.0. The van der Waals surface area contributed by atoms with Crippen molar-refractivity contribution in [3.63, 3.8) is 0 Å². The molecule has 6 heteroatoms. The lowest BCUT2D eigenvalue weighted by molar-refractivity contribution is 0.238. The average Bonchev–Trinajstić information content (AvgIpc) is 3.05. The molecular weight excluding hydrogens is 338 g/mol. The molecule has 0 bridgehead atoms. The first-order valence-electron chi connectivity index (χ1n) is 9.05. The van der Waals surface area contributed by atoms with Gasteiger partial charge in [-0.05, 0) is 23.6 Å². The van der Waals surface area contributed by atoms with Crippen molar-refractivity contribution >= 4 is 10.8 Å². The number of hydrogen-bond acceptors (Lipinski definition) is 5. The van der Waals surface area contributed by atoms with Gasteiger partial charge in [0.05, 0.1) is 17.0 Å². The molecular formula is C21H19N5O. The molecule has 3 aromatic heterocycles. The highest BCUT2D eigenvalue weighted by Crippen LogP contribution is 2.29. The van der Waals surface area contributed by atoms with Gasteiger partial charge in [0.25, 0.3) is 0 Å². The van der Waals surface area contributed by atoms with Crippen molar-refractivity contribution < 1.29 is 5.11 Å². The van der Waals surface area contributed by atoms with E-state index in [1.54, 1.807) is 6.20 Å². The Morgan fingerprint density at radius 2 is 1.85 bits per heavy atom. The third-order valence-electron chi connectivity index (χ3n) is 5.03. The van der Waals surface area contributed by atoms with E-state index in [1.165, 1.54) is 10.1 Å². The third kappa shape index (κ3) is 2.94. The highest BCUT2D eigenvalue weighted by molar-refractivity contribution is 5.81. The summed E-state index contributed by atoms with van der Waals surface area (Å²) in [5, 5.41) is 17.6. The molecule has 4 aromatic rings. The smallest absolute Gasteiger partial charge is 0.220 e. The van der Waals surface area contributed by atoms with Gasteiger partial charge in [-0.15, -0.1) is 0 Å². The van der Waals surface area contributed by atoms with E-state index in [2.05, 4.69) is 38.2 Å². The quantitative estimate of drug-likeness (QED) is 0.610. The first kappa shape index (κ1) is 16.0. The maximum Gasteiger partial charge on any atom is 0.220 e. The fourth-order valence-electron chi connectivity index (χ4n) is 3.63. The van der Waals surface area contributed by atoms with Gasteiger partial charge in [0.15, 0.2) is 5.82 Å². The summed E-state index contributed by atoms with van der Waals surface area (Å²) < 4.78 is 1.53. The fourth-order valence-corrected chi connectivity index (χ4v) is 3.63. The number of pyridine rings is 2. The molecule has 0 radical (unpaired) electrons. The number of fused-ring (bicyclic) bond motifs is 2. The highest BCUT2D eigenvalue weighted by atomic mass is 16.3. The van der Waals surface area contributed by atoms with Gasteiger partial charge in [0.2, 0.25) is 5.88 Å².